The number of carbonyl (C=O) groups is 1. The van der Waals surface area contributed by atoms with Gasteiger partial charge in [-0.05, 0) is 29.7 Å². The smallest absolute Gasteiger partial charge is 0.335 e. The Bertz CT molecular complexity index is 675. The van der Waals surface area contributed by atoms with Gasteiger partial charge in [-0.2, -0.15) is 0 Å². The maximum absolute atomic E-state index is 11.4. The second-order valence-corrected chi connectivity index (χ2v) is 4.68. The second kappa shape index (κ2) is 7.31. The van der Waals surface area contributed by atoms with E-state index in [1.54, 1.807) is 32.4 Å². The summed E-state index contributed by atoms with van der Waals surface area (Å²) in [6.45, 7) is 0. The Balaban J connectivity index is 2.27. The number of ether oxygens (including phenoxy) is 2. The molecule has 0 atom stereocenters. The zero-order chi connectivity index (χ0) is 15.9. The molecule has 0 aliphatic heterocycles. The first kappa shape index (κ1) is 15.6. The molecule has 22 heavy (non-hydrogen) atoms. The molecule has 2 aromatic carbocycles. The highest BCUT2D eigenvalue weighted by atomic mass is 16.5. The van der Waals surface area contributed by atoms with Gasteiger partial charge in [0.2, 0.25) is 0 Å². The van der Waals surface area contributed by atoms with Crippen molar-refractivity contribution in [2.24, 2.45) is 0 Å². The van der Waals surface area contributed by atoms with Crippen LogP contribution in [0.5, 0.6) is 11.5 Å². The van der Waals surface area contributed by atoms with E-state index in [0.717, 1.165) is 5.56 Å². The van der Waals surface area contributed by atoms with E-state index in [-0.39, 0.29) is 5.57 Å². The zero-order valence-electron chi connectivity index (χ0n) is 12.6. The van der Waals surface area contributed by atoms with E-state index in [4.69, 9.17) is 9.47 Å². The highest BCUT2D eigenvalue weighted by molar-refractivity contribution is 6.15. The maximum atomic E-state index is 11.4. The second-order valence-electron chi connectivity index (χ2n) is 4.68. The van der Waals surface area contributed by atoms with Gasteiger partial charge in [0.25, 0.3) is 0 Å². The van der Waals surface area contributed by atoms with Gasteiger partial charge in [0, 0.05) is 0 Å². The summed E-state index contributed by atoms with van der Waals surface area (Å²) in [5, 5.41) is 9.37. The van der Waals surface area contributed by atoms with E-state index in [2.05, 4.69) is 0 Å². The fourth-order valence-electron chi connectivity index (χ4n) is 2.17. The number of benzene rings is 2. The highest BCUT2D eigenvalue weighted by Gasteiger charge is 2.10. The lowest BCUT2D eigenvalue weighted by Crippen LogP contribution is -2.00. The summed E-state index contributed by atoms with van der Waals surface area (Å²) in [6.07, 6.45) is 2.20. The number of methoxy groups -OCH3 is 2. The summed E-state index contributed by atoms with van der Waals surface area (Å²) in [6, 6.07) is 14.6. The summed E-state index contributed by atoms with van der Waals surface area (Å²) < 4.78 is 10.4. The van der Waals surface area contributed by atoms with Crippen LogP contribution in [0.4, 0.5) is 0 Å². The first-order valence-corrected chi connectivity index (χ1v) is 6.85. The number of carboxylic acids is 1. The molecule has 0 unspecified atom stereocenters. The minimum Gasteiger partial charge on any atom is -0.493 e. The van der Waals surface area contributed by atoms with E-state index >= 15 is 0 Å². The lowest BCUT2D eigenvalue weighted by atomic mass is 10.0. The topological polar surface area (TPSA) is 55.8 Å². The van der Waals surface area contributed by atoms with Crippen LogP contribution in [0.3, 0.4) is 0 Å². The molecule has 0 fully saturated rings. The van der Waals surface area contributed by atoms with Gasteiger partial charge in [-0.1, -0.05) is 42.5 Å². The minimum atomic E-state index is -0.938. The Morgan fingerprint density at radius 3 is 2.32 bits per heavy atom. The van der Waals surface area contributed by atoms with E-state index < -0.39 is 5.97 Å². The molecule has 0 saturated heterocycles. The summed E-state index contributed by atoms with van der Waals surface area (Å²) in [5.74, 6) is 0.341. The summed E-state index contributed by atoms with van der Waals surface area (Å²) in [5.41, 5.74) is 1.93. The monoisotopic (exact) mass is 298 g/mol. The standard InChI is InChI=1S/C18H18O4/c1-21-16-11-9-13(12-17(16)22-2)8-10-15(18(19)20)14-6-4-3-5-7-14/h3-7,9-12H,8H2,1-2H3,(H,19,20). The molecule has 0 radical (unpaired) electrons. The minimum absolute atomic E-state index is 0.287. The quantitative estimate of drug-likeness (QED) is 0.830. The predicted molar refractivity (Wildman–Crippen MR) is 85.3 cm³/mol. The summed E-state index contributed by atoms with van der Waals surface area (Å²) in [7, 11) is 3.15. The fourth-order valence-corrected chi connectivity index (χ4v) is 2.17. The molecule has 0 spiro atoms. The Labute approximate surface area is 129 Å². The van der Waals surface area contributed by atoms with Crippen LogP contribution in [0.15, 0.2) is 54.6 Å². The van der Waals surface area contributed by atoms with E-state index in [1.165, 1.54) is 0 Å². The molecule has 2 rings (SSSR count). The van der Waals surface area contributed by atoms with Crippen LogP contribution in [-0.2, 0) is 11.2 Å². The van der Waals surface area contributed by atoms with Crippen molar-refractivity contribution in [2.75, 3.05) is 14.2 Å². The molecule has 0 aromatic heterocycles. The van der Waals surface area contributed by atoms with Crippen molar-refractivity contribution in [2.45, 2.75) is 6.42 Å². The Morgan fingerprint density at radius 2 is 1.73 bits per heavy atom. The highest BCUT2D eigenvalue weighted by Crippen LogP contribution is 2.28. The normalized spacial score (nSPS) is 11.1. The number of carboxylic acid groups (broad SMARTS) is 1. The maximum Gasteiger partial charge on any atom is 0.335 e. The number of allylic oxidation sites excluding steroid dienone is 1. The zero-order valence-corrected chi connectivity index (χ0v) is 12.6. The van der Waals surface area contributed by atoms with Crippen molar-refractivity contribution in [3.05, 3.63) is 65.7 Å². The van der Waals surface area contributed by atoms with E-state index in [1.807, 2.05) is 36.4 Å². The van der Waals surface area contributed by atoms with Crippen molar-refractivity contribution in [1.82, 2.24) is 0 Å². The number of rotatable bonds is 6. The van der Waals surface area contributed by atoms with Crippen LogP contribution in [0.2, 0.25) is 0 Å². The summed E-state index contributed by atoms with van der Waals surface area (Å²) in [4.78, 5) is 11.4. The van der Waals surface area contributed by atoms with Gasteiger partial charge < -0.3 is 14.6 Å². The molecule has 0 bridgehead atoms. The Hall–Kier alpha value is -2.75. The fraction of sp³-hybridized carbons (Fsp3) is 0.167. The molecule has 2 aromatic rings. The third-order valence-electron chi connectivity index (χ3n) is 3.31. The molecule has 1 N–H and O–H groups in total. The molecule has 0 amide bonds. The lowest BCUT2D eigenvalue weighted by molar-refractivity contribution is -0.130. The van der Waals surface area contributed by atoms with Gasteiger partial charge in [0.1, 0.15) is 0 Å². The van der Waals surface area contributed by atoms with Gasteiger partial charge in [0.15, 0.2) is 11.5 Å². The molecule has 0 aliphatic rings. The van der Waals surface area contributed by atoms with E-state index in [0.29, 0.717) is 23.5 Å². The molecular formula is C18H18O4. The SMILES string of the molecule is COc1ccc(CC=C(C(=O)O)c2ccccc2)cc1OC. The van der Waals surface area contributed by atoms with Gasteiger partial charge >= 0.3 is 5.97 Å². The van der Waals surface area contributed by atoms with Crippen molar-refractivity contribution in [1.29, 1.82) is 0 Å². The van der Waals surface area contributed by atoms with Gasteiger partial charge in [0.05, 0.1) is 19.8 Å². The Morgan fingerprint density at radius 1 is 1.05 bits per heavy atom. The first-order valence-electron chi connectivity index (χ1n) is 6.85. The Kier molecular flexibility index (Phi) is 5.20. The van der Waals surface area contributed by atoms with Crippen molar-refractivity contribution < 1.29 is 19.4 Å². The van der Waals surface area contributed by atoms with Crippen LogP contribution < -0.4 is 9.47 Å². The first-order chi connectivity index (χ1) is 10.7. The molecule has 0 saturated carbocycles. The molecule has 114 valence electrons. The molecule has 0 heterocycles. The van der Waals surface area contributed by atoms with Gasteiger partial charge in [-0.15, -0.1) is 0 Å². The van der Waals surface area contributed by atoms with Crippen LogP contribution in [0, 0.1) is 0 Å². The lowest BCUT2D eigenvalue weighted by Gasteiger charge is -2.09. The number of aliphatic carboxylic acids is 1. The van der Waals surface area contributed by atoms with Crippen LogP contribution in [0.25, 0.3) is 5.57 Å². The number of hydrogen-bond acceptors (Lipinski definition) is 3. The van der Waals surface area contributed by atoms with E-state index in [9.17, 15) is 9.90 Å². The van der Waals surface area contributed by atoms with Gasteiger partial charge in [-0.3, -0.25) is 0 Å². The third-order valence-corrected chi connectivity index (χ3v) is 3.31. The number of hydrogen-bond donors (Lipinski definition) is 1. The average molecular weight is 298 g/mol. The van der Waals surface area contributed by atoms with Crippen LogP contribution in [-0.4, -0.2) is 25.3 Å². The van der Waals surface area contributed by atoms with Gasteiger partial charge in [-0.25, -0.2) is 4.79 Å². The molecule has 0 aliphatic carbocycles. The van der Waals surface area contributed by atoms with Crippen LogP contribution in [0.1, 0.15) is 11.1 Å². The largest absolute Gasteiger partial charge is 0.493 e. The molecular weight excluding hydrogens is 280 g/mol. The summed E-state index contributed by atoms with van der Waals surface area (Å²) >= 11 is 0. The van der Waals surface area contributed by atoms with Crippen molar-refractivity contribution >= 4 is 11.5 Å². The third kappa shape index (κ3) is 3.67. The predicted octanol–water partition coefficient (Wildman–Crippen LogP) is 3.41. The van der Waals surface area contributed by atoms with Crippen LogP contribution >= 0.6 is 0 Å². The van der Waals surface area contributed by atoms with Crippen molar-refractivity contribution in [3.8, 4) is 11.5 Å². The molecule has 4 heteroatoms. The van der Waals surface area contributed by atoms with Crippen molar-refractivity contribution in [3.63, 3.8) is 0 Å². The average Bonchev–Trinajstić information content (AvgIpc) is 2.55. The molecule has 4 nitrogen and oxygen atoms in total.